The molecule has 0 saturated heterocycles. The number of hydrogen-bond acceptors (Lipinski definition) is 7. The van der Waals surface area contributed by atoms with E-state index in [-0.39, 0.29) is 13.0 Å². The van der Waals surface area contributed by atoms with Crippen LogP contribution in [0.5, 0.6) is 17.2 Å². The van der Waals surface area contributed by atoms with Crippen molar-refractivity contribution in [2.45, 2.75) is 25.4 Å². The SMILES string of the molecule is CNCC(O)COc1ccc(Oc2c(I)cc(CC(NB(C)O)C(=O)O)cc2I)cc1I. The Bertz CT molecular complexity index is 911. The summed E-state index contributed by atoms with van der Waals surface area (Å²) >= 11 is 6.49. The highest BCUT2D eigenvalue weighted by Gasteiger charge is 2.22. The van der Waals surface area contributed by atoms with E-state index in [0.29, 0.717) is 23.8 Å². The van der Waals surface area contributed by atoms with Gasteiger partial charge in [-0.25, -0.2) is 0 Å². The summed E-state index contributed by atoms with van der Waals surface area (Å²) in [5, 5.41) is 34.2. The van der Waals surface area contributed by atoms with Gasteiger partial charge in [0.1, 0.15) is 30.3 Å². The average molecular weight is 780 g/mol. The van der Waals surface area contributed by atoms with Crippen LogP contribution in [0.2, 0.25) is 6.82 Å². The molecule has 5 N–H and O–H groups in total. The van der Waals surface area contributed by atoms with Crippen molar-refractivity contribution in [3.05, 3.63) is 46.6 Å². The van der Waals surface area contributed by atoms with Crippen molar-refractivity contribution in [2.24, 2.45) is 0 Å². The third-order valence-electron chi connectivity index (χ3n) is 4.23. The number of rotatable bonds is 12. The summed E-state index contributed by atoms with van der Waals surface area (Å²) in [4.78, 5) is 11.5. The minimum Gasteiger partial charge on any atom is -0.490 e. The van der Waals surface area contributed by atoms with Gasteiger partial charge in [-0.2, -0.15) is 0 Å². The van der Waals surface area contributed by atoms with Gasteiger partial charge in [-0.1, -0.05) is 0 Å². The van der Waals surface area contributed by atoms with Crippen LogP contribution in [0.1, 0.15) is 5.56 Å². The zero-order chi connectivity index (χ0) is 23.8. The maximum absolute atomic E-state index is 11.5. The molecule has 0 aliphatic carbocycles. The monoisotopic (exact) mass is 780 g/mol. The number of aliphatic carboxylic acids is 1. The molecule has 0 aromatic heterocycles. The third kappa shape index (κ3) is 8.75. The molecule has 0 saturated carbocycles. The Morgan fingerprint density at radius 2 is 1.81 bits per heavy atom. The van der Waals surface area contributed by atoms with Crippen molar-refractivity contribution in [2.75, 3.05) is 20.2 Å². The Kier molecular flexibility index (Phi) is 11.7. The van der Waals surface area contributed by atoms with Gasteiger partial charge in [0.25, 0.3) is 0 Å². The van der Waals surface area contributed by atoms with Crippen LogP contribution < -0.4 is 20.0 Å². The van der Waals surface area contributed by atoms with Gasteiger partial charge in [-0.3, -0.25) is 4.79 Å². The topological polar surface area (TPSA) is 120 Å². The normalized spacial score (nSPS) is 12.8. The predicted octanol–water partition coefficient (Wildman–Crippen LogP) is 2.95. The second-order valence-corrected chi connectivity index (χ2v) is 10.5. The lowest BCUT2D eigenvalue weighted by Crippen LogP contribution is -2.46. The summed E-state index contributed by atoms with van der Waals surface area (Å²) < 4.78 is 14.3. The Morgan fingerprint density at radius 3 is 2.34 bits per heavy atom. The number of carbonyl (C=O) groups is 1. The molecule has 2 unspecified atom stereocenters. The van der Waals surface area contributed by atoms with Gasteiger partial charge >= 0.3 is 13.0 Å². The molecule has 0 amide bonds. The van der Waals surface area contributed by atoms with Crippen LogP contribution in [0.3, 0.4) is 0 Å². The first kappa shape index (κ1) is 27.8. The van der Waals surface area contributed by atoms with Gasteiger partial charge in [0.15, 0.2) is 5.75 Å². The molecule has 0 aliphatic heterocycles. The van der Waals surface area contributed by atoms with Crippen LogP contribution in [0, 0.1) is 10.7 Å². The number of halogens is 3. The fraction of sp³-hybridized carbons (Fsp3) is 0.350. The van der Waals surface area contributed by atoms with Gasteiger partial charge in [-0.05, 0) is 124 Å². The lowest BCUT2D eigenvalue weighted by molar-refractivity contribution is -0.139. The highest BCUT2D eigenvalue weighted by Crippen LogP contribution is 2.35. The summed E-state index contributed by atoms with van der Waals surface area (Å²) in [5.41, 5.74) is 0.824. The summed E-state index contributed by atoms with van der Waals surface area (Å²) in [6.45, 7) is 2.13. The molecule has 2 atom stereocenters. The molecular formula is C20H24BI3N2O6. The van der Waals surface area contributed by atoms with Crippen molar-refractivity contribution in [1.82, 2.24) is 10.5 Å². The lowest BCUT2D eigenvalue weighted by atomic mass is 9.86. The van der Waals surface area contributed by atoms with Gasteiger partial charge in [0.2, 0.25) is 0 Å². The zero-order valence-electron chi connectivity index (χ0n) is 17.4. The summed E-state index contributed by atoms with van der Waals surface area (Å²) in [6, 6.07) is 8.32. The van der Waals surface area contributed by atoms with Crippen molar-refractivity contribution in [3.8, 4) is 17.2 Å². The molecule has 0 radical (unpaired) electrons. The molecule has 0 heterocycles. The van der Waals surface area contributed by atoms with E-state index in [4.69, 9.17) is 9.47 Å². The van der Waals surface area contributed by atoms with E-state index >= 15 is 0 Å². The first-order valence-corrected chi connectivity index (χ1v) is 12.9. The molecule has 174 valence electrons. The highest BCUT2D eigenvalue weighted by atomic mass is 127. The molecular weight excluding hydrogens is 756 g/mol. The van der Waals surface area contributed by atoms with E-state index in [2.05, 4.69) is 78.3 Å². The second kappa shape index (κ2) is 13.5. The number of likely N-dealkylation sites (N-methyl/N-ethyl adjacent to an activating group) is 1. The number of benzene rings is 2. The Hall–Kier alpha value is -0.395. The van der Waals surface area contributed by atoms with E-state index in [1.54, 1.807) is 19.2 Å². The molecule has 0 spiro atoms. The lowest BCUT2D eigenvalue weighted by Gasteiger charge is -2.17. The first-order valence-electron chi connectivity index (χ1n) is 9.68. The number of hydrogen-bond donors (Lipinski definition) is 5. The fourth-order valence-electron chi connectivity index (χ4n) is 2.83. The van der Waals surface area contributed by atoms with Gasteiger partial charge in [0, 0.05) is 6.54 Å². The van der Waals surface area contributed by atoms with Crippen molar-refractivity contribution in [3.63, 3.8) is 0 Å². The summed E-state index contributed by atoms with van der Waals surface area (Å²) in [5.74, 6) is 0.962. The molecule has 2 aromatic carbocycles. The number of aliphatic hydroxyl groups excluding tert-OH is 1. The Balaban J connectivity index is 2.12. The molecule has 2 rings (SSSR count). The van der Waals surface area contributed by atoms with Crippen LogP contribution in [-0.4, -0.2) is 60.6 Å². The molecule has 32 heavy (non-hydrogen) atoms. The minimum atomic E-state index is -1.02. The van der Waals surface area contributed by atoms with Gasteiger partial charge in [-0.15, -0.1) is 0 Å². The minimum absolute atomic E-state index is 0.190. The predicted molar refractivity (Wildman–Crippen MR) is 149 cm³/mol. The molecule has 0 bridgehead atoms. The summed E-state index contributed by atoms with van der Waals surface area (Å²) in [7, 11) is 0.851. The zero-order valence-corrected chi connectivity index (χ0v) is 23.9. The van der Waals surface area contributed by atoms with Crippen LogP contribution in [0.4, 0.5) is 0 Å². The van der Waals surface area contributed by atoms with Gasteiger partial charge < -0.3 is 35.3 Å². The van der Waals surface area contributed by atoms with Crippen molar-refractivity contribution >= 4 is 80.8 Å². The standard InChI is InChI=1S/C20H24BI3N2O6/c1-21(30)26-17(20(28)29)7-11-5-15(23)19(16(24)6-11)32-13-3-4-18(14(22)8-13)31-10-12(27)9-25-2/h3-6,8,12,17,25-27,30H,7,9-10H2,1-2H3,(H,28,29). The van der Waals surface area contributed by atoms with Gasteiger partial charge in [0.05, 0.1) is 10.7 Å². The van der Waals surface area contributed by atoms with Crippen LogP contribution >= 0.6 is 67.8 Å². The fourth-order valence-corrected chi connectivity index (χ4v) is 5.59. The molecule has 0 fully saturated rings. The average Bonchev–Trinajstić information content (AvgIpc) is 2.69. The molecule has 12 heteroatoms. The van der Waals surface area contributed by atoms with E-state index in [1.165, 1.54) is 6.82 Å². The third-order valence-corrected chi connectivity index (χ3v) is 6.68. The van der Waals surface area contributed by atoms with Crippen LogP contribution in [0.25, 0.3) is 0 Å². The number of ether oxygens (including phenoxy) is 2. The van der Waals surface area contributed by atoms with E-state index in [1.807, 2.05) is 18.2 Å². The second-order valence-electron chi connectivity index (χ2n) is 7.04. The largest absolute Gasteiger partial charge is 0.490 e. The number of carboxylic acid groups (broad SMARTS) is 1. The Morgan fingerprint density at radius 1 is 1.16 bits per heavy atom. The van der Waals surface area contributed by atoms with E-state index < -0.39 is 25.2 Å². The van der Waals surface area contributed by atoms with Crippen LogP contribution in [0.15, 0.2) is 30.3 Å². The number of aliphatic hydroxyl groups is 1. The first-order chi connectivity index (χ1) is 15.1. The van der Waals surface area contributed by atoms with E-state index in [9.17, 15) is 20.0 Å². The highest BCUT2D eigenvalue weighted by molar-refractivity contribution is 14.1. The maximum atomic E-state index is 11.5. The number of carboxylic acids is 1. The Labute approximate surface area is 228 Å². The smallest absolute Gasteiger partial charge is 0.374 e. The molecule has 2 aromatic rings. The van der Waals surface area contributed by atoms with E-state index in [0.717, 1.165) is 16.3 Å². The quantitative estimate of drug-likeness (QED) is 0.165. The van der Waals surface area contributed by atoms with Crippen molar-refractivity contribution < 1.29 is 29.5 Å². The number of nitrogens with one attached hydrogen (secondary N) is 2. The summed E-state index contributed by atoms with van der Waals surface area (Å²) in [6.07, 6.45) is -0.361. The molecule has 8 nitrogen and oxygen atoms in total. The van der Waals surface area contributed by atoms with Crippen molar-refractivity contribution in [1.29, 1.82) is 0 Å². The maximum Gasteiger partial charge on any atom is 0.374 e. The molecule has 0 aliphatic rings. The van der Waals surface area contributed by atoms with Crippen LogP contribution in [-0.2, 0) is 11.2 Å².